The molecule has 0 spiro atoms. The lowest BCUT2D eigenvalue weighted by molar-refractivity contribution is 0.309. The standard InChI is InChI=1S/C9H15N3S/c1-10-5-4-8-9(6-10)13-12(3)7-11(8)2/h4,6H,5,7H2,1-3H3. The highest BCUT2D eigenvalue weighted by Crippen LogP contribution is 2.35. The highest BCUT2D eigenvalue weighted by molar-refractivity contribution is 8.01. The van der Waals surface area contributed by atoms with Crippen LogP contribution in [0.3, 0.4) is 0 Å². The van der Waals surface area contributed by atoms with Gasteiger partial charge in [0, 0.05) is 26.8 Å². The van der Waals surface area contributed by atoms with E-state index in [-0.39, 0.29) is 0 Å². The van der Waals surface area contributed by atoms with Crippen molar-refractivity contribution >= 4 is 11.9 Å². The Kier molecular flexibility index (Phi) is 2.26. The topological polar surface area (TPSA) is 9.72 Å². The summed E-state index contributed by atoms with van der Waals surface area (Å²) < 4.78 is 2.24. The zero-order chi connectivity index (χ0) is 9.42. The fraction of sp³-hybridized carbons (Fsp3) is 0.556. The summed E-state index contributed by atoms with van der Waals surface area (Å²) in [6.45, 7) is 2.02. The molecule has 1 fully saturated rings. The monoisotopic (exact) mass is 197 g/mol. The van der Waals surface area contributed by atoms with Crippen molar-refractivity contribution in [3.05, 3.63) is 22.9 Å². The van der Waals surface area contributed by atoms with E-state index in [1.807, 2.05) is 11.9 Å². The first kappa shape index (κ1) is 8.97. The molecule has 1 saturated heterocycles. The Morgan fingerprint density at radius 3 is 2.85 bits per heavy atom. The van der Waals surface area contributed by atoms with Crippen molar-refractivity contribution in [2.75, 3.05) is 34.4 Å². The van der Waals surface area contributed by atoms with E-state index in [9.17, 15) is 0 Å². The highest BCUT2D eigenvalue weighted by Gasteiger charge is 2.23. The molecule has 2 aliphatic heterocycles. The van der Waals surface area contributed by atoms with Crippen LogP contribution in [0.4, 0.5) is 0 Å². The van der Waals surface area contributed by atoms with E-state index in [1.54, 1.807) is 0 Å². The van der Waals surface area contributed by atoms with Gasteiger partial charge in [0.15, 0.2) is 0 Å². The molecule has 0 aromatic carbocycles. The minimum atomic E-state index is 0.998. The summed E-state index contributed by atoms with van der Waals surface area (Å²) in [7, 11) is 6.37. The molecule has 0 aliphatic carbocycles. The first-order valence-electron chi connectivity index (χ1n) is 4.39. The van der Waals surface area contributed by atoms with Crippen LogP contribution < -0.4 is 0 Å². The SMILES string of the molecule is CN1C=C2SN(C)CN(C)C2=CC1. The minimum Gasteiger partial charge on any atom is -0.376 e. The van der Waals surface area contributed by atoms with E-state index in [0.29, 0.717) is 0 Å². The first-order chi connectivity index (χ1) is 6.16. The summed E-state index contributed by atoms with van der Waals surface area (Å²) in [5.74, 6) is 0. The van der Waals surface area contributed by atoms with E-state index in [0.717, 1.165) is 13.2 Å². The predicted molar refractivity (Wildman–Crippen MR) is 56.8 cm³/mol. The van der Waals surface area contributed by atoms with Gasteiger partial charge < -0.3 is 9.80 Å². The van der Waals surface area contributed by atoms with Crippen molar-refractivity contribution in [1.82, 2.24) is 14.1 Å². The molecule has 0 bridgehead atoms. The lowest BCUT2D eigenvalue weighted by Gasteiger charge is -2.37. The summed E-state index contributed by atoms with van der Waals surface area (Å²) in [5.41, 5.74) is 1.38. The second-order valence-corrected chi connectivity index (χ2v) is 4.83. The van der Waals surface area contributed by atoms with Gasteiger partial charge in [-0.25, -0.2) is 4.31 Å². The van der Waals surface area contributed by atoms with Gasteiger partial charge in [0.1, 0.15) is 0 Å². The Balaban J connectivity index is 2.24. The van der Waals surface area contributed by atoms with Gasteiger partial charge in [-0.05, 0) is 25.1 Å². The van der Waals surface area contributed by atoms with Crippen molar-refractivity contribution < 1.29 is 0 Å². The molecule has 3 nitrogen and oxygen atoms in total. The Morgan fingerprint density at radius 1 is 1.31 bits per heavy atom. The fourth-order valence-corrected chi connectivity index (χ4v) is 2.76. The number of fused-ring (bicyclic) bond motifs is 1. The summed E-state index contributed by atoms with van der Waals surface area (Å²) >= 11 is 1.82. The largest absolute Gasteiger partial charge is 0.376 e. The first-order valence-corrected chi connectivity index (χ1v) is 5.17. The smallest absolute Gasteiger partial charge is 0.0800 e. The average molecular weight is 197 g/mol. The molecular formula is C9H15N3S. The van der Waals surface area contributed by atoms with E-state index >= 15 is 0 Å². The van der Waals surface area contributed by atoms with Gasteiger partial charge in [-0.2, -0.15) is 0 Å². The van der Waals surface area contributed by atoms with Gasteiger partial charge >= 0.3 is 0 Å². The van der Waals surface area contributed by atoms with E-state index in [2.05, 4.69) is 47.5 Å². The van der Waals surface area contributed by atoms with Gasteiger partial charge in [0.05, 0.1) is 17.3 Å². The zero-order valence-corrected chi connectivity index (χ0v) is 9.14. The number of rotatable bonds is 0. The summed E-state index contributed by atoms with van der Waals surface area (Å²) in [6, 6.07) is 0. The summed E-state index contributed by atoms with van der Waals surface area (Å²) in [4.78, 5) is 5.85. The molecule has 0 saturated carbocycles. The normalized spacial score (nSPS) is 23.9. The van der Waals surface area contributed by atoms with Crippen LogP contribution in [0.1, 0.15) is 0 Å². The van der Waals surface area contributed by atoms with Crippen LogP contribution >= 0.6 is 11.9 Å². The van der Waals surface area contributed by atoms with Crippen LogP contribution in [0.2, 0.25) is 0 Å². The van der Waals surface area contributed by atoms with E-state index in [1.165, 1.54) is 10.6 Å². The molecule has 0 aromatic rings. The second-order valence-electron chi connectivity index (χ2n) is 3.58. The van der Waals surface area contributed by atoms with Gasteiger partial charge in [0.25, 0.3) is 0 Å². The molecule has 13 heavy (non-hydrogen) atoms. The third kappa shape index (κ3) is 1.69. The highest BCUT2D eigenvalue weighted by atomic mass is 32.2. The van der Waals surface area contributed by atoms with Crippen LogP contribution in [0, 0.1) is 0 Å². The van der Waals surface area contributed by atoms with E-state index < -0.39 is 0 Å². The maximum absolute atomic E-state index is 2.29. The molecule has 0 N–H and O–H groups in total. The number of likely N-dealkylation sites (N-methyl/N-ethyl adjacent to an activating group) is 2. The molecule has 0 amide bonds. The molecule has 2 heterocycles. The van der Waals surface area contributed by atoms with Crippen molar-refractivity contribution in [3.63, 3.8) is 0 Å². The summed E-state index contributed by atoms with van der Waals surface area (Å²) in [6.07, 6.45) is 4.50. The maximum atomic E-state index is 2.29. The lowest BCUT2D eigenvalue weighted by Crippen LogP contribution is -2.36. The Morgan fingerprint density at radius 2 is 2.08 bits per heavy atom. The fourth-order valence-electron chi connectivity index (χ4n) is 1.64. The molecular weight excluding hydrogens is 182 g/mol. The molecule has 72 valence electrons. The van der Waals surface area contributed by atoms with E-state index in [4.69, 9.17) is 0 Å². The molecule has 2 aliphatic rings. The molecule has 0 radical (unpaired) electrons. The predicted octanol–water partition coefficient (Wildman–Crippen LogP) is 1.14. The van der Waals surface area contributed by atoms with Gasteiger partial charge in [-0.3, -0.25) is 0 Å². The number of hydrogen-bond donors (Lipinski definition) is 0. The minimum absolute atomic E-state index is 0.998. The van der Waals surface area contributed by atoms with Crippen LogP contribution in [0.5, 0.6) is 0 Å². The van der Waals surface area contributed by atoms with Crippen LogP contribution in [0.15, 0.2) is 22.9 Å². The third-order valence-corrected chi connectivity index (χ3v) is 3.18. The second kappa shape index (κ2) is 3.27. The zero-order valence-electron chi connectivity index (χ0n) is 8.32. The van der Waals surface area contributed by atoms with Gasteiger partial charge in [-0.1, -0.05) is 0 Å². The average Bonchev–Trinajstić information content (AvgIpc) is 2.02. The van der Waals surface area contributed by atoms with Crippen LogP contribution in [0.25, 0.3) is 0 Å². The molecule has 4 heteroatoms. The molecule has 0 unspecified atom stereocenters. The number of nitrogens with zero attached hydrogens (tertiary/aromatic N) is 3. The van der Waals surface area contributed by atoms with Gasteiger partial charge in [-0.15, -0.1) is 0 Å². The van der Waals surface area contributed by atoms with Gasteiger partial charge in [0.2, 0.25) is 0 Å². The Labute approximate surface area is 83.8 Å². The van der Waals surface area contributed by atoms with Crippen LogP contribution in [-0.4, -0.2) is 48.5 Å². The third-order valence-electron chi connectivity index (χ3n) is 2.24. The molecule has 0 atom stereocenters. The quantitative estimate of drug-likeness (QED) is 0.538. The lowest BCUT2D eigenvalue weighted by atomic mass is 10.3. The molecule has 2 rings (SSSR count). The Bertz CT molecular complexity index is 272. The Hall–Kier alpha value is -0.610. The van der Waals surface area contributed by atoms with Crippen molar-refractivity contribution in [3.8, 4) is 0 Å². The number of hydrogen-bond acceptors (Lipinski definition) is 4. The molecule has 0 aromatic heterocycles. The summed E-state index contributed by atoms with van der Waals surface area (Å²) in [5, 5.41) is 0. The van der Waals surface area contributed by atoms with Crippen molar-refractivity contribution in [2.24, 2.45) is 0 Å². The maximum Gasteiger partial charge on any atom is 0.0800 e. The van der Waals surface area contributed by atoms with Crippen LogP contribution in [-0.2, 0) is 0 Å². The van der Waals surface area contributed by atoms with Crippen molar-refractivity contribution in [2.45, 2.75) is 0 Å². The van der Waals surface area contributed by atoms with Crippen molar-refractivity contribution in [1.29, 1.82) is 0 Å².